The summed E-state index contributed by atoms with van der Waals surface area (Å²) >= 11 is 6.11. The largest absolute Gasteiger partial charge is 0.496 e. The minimum absolute atomic E-state index is 0.279. The molecule has 1 aliphatic rings. The van der Waals surface area contributed by atoms with E-state index in [-0.39, 0.29) is 17.2 Å². The number of hydrogen-bond acceptors (Lipinski definition) is 9. The van der Waals surface area contributed by atoms with Gasteiger partial charge in [0.05, 0.1) is 40.0 Å². The number of imidazole rings is 1. The third-order valence-electron chi connectivity index (χ3n) is 6.51. The molecule has 3 aromatic heterocycles. The van der Waals surface area contributed by atoms with Gasteiger partial charge in [-0.3, -0.25) is 9.36 Å². The number of hydrogen-bond donors (Lipinski definition) is 1. The van der Waals surface area contributed by atoms with Crippen molar-refractivity contribution in [3.8, 4) is 5.75 Å². The number of H-pyrrole nitrogens is 1. The first-order chi connectivity index (χ1) is 20.2. The second-order valence-electron chi connectivity index (χ2n) is 9.74. The van der Waals surface area contributed by atoms with Crippen LogP contribution in [0.5, 0.6) is 5.75 Å². The van der Waals surface area contributed by atoms with Gasteiger partial charge < -0.3 is 18.9 Å². The Morgan fingerprint density at radius 2 is 2.02 bits per heavy atom. The zero-order valence-electron chi connectivity index (χ0n) is 23.0. The number of aromatic amines is 1. The molecule has 1 aliphatic heterocycles. The van der Waals surface area contributed by atoms with Gasteiger partial charge in [-0.25, -0.2) is 14.8 Å². The van der Waals surface area contributed by atoms with E-state index in [1.54, 1.807) is 46.1 Å². The van der Waals surface area contributed by atoms with E-state index >= 15 is 0 Å². The molecule has 1 atom stereocenters. The summed E-state index contributed by atoms with van der Waals surface area (Å²) in [6, 6.07) is 16.1. The van der Waals surface area contributed by atoms with E-state index in [2.05, 4.69) is 30.9 Å². The van der Waals surface area contributed by atoms with Gasteiger partial charge in [0.15, 0.2) is 15.1 Å². The molecule has 1 N–H and O–H groups in total. The lowest BCUT2D eigenvalue weighted by atomic mass is 9.95. The summed E-state index contributed by atoms with van der Waals surface area (Å²) in [7, 11) is 1.55. The number of allylic oxidation sites excluding steroid dienone is 1. The van der Waals surface area contributed by atoms with Gasteiger partial charge in [0.2, 0.25) is 0 Å². The van der Waals surface area contributed by atoms with E-state index in [1.807, 2.05) is 42.5 Å². The molecule has 214 valence electrons. The van der Waals surface area contributed by atoms with E-state index < -0.39 is 12.0 Å². The van der Waals surface area contributed by atoms with Crippen LogP contribution in [0.4, 0.5) is 0 Å². The molecule has 5 aromatic rings. The van der Waals surface area contributed by atoms with Gasteiger partial charge in [-0.2, -0.15) is 0 Å². The molecule has 0 bridgehead atoms. The molecular weight excluding hydrogens is 640 g/mol. The van der Waals surface area contributed by atoms with E-state index in [9.17, 15) is 9.59 Å². The first kappa shape index (κ1) is 28.3. The average molecular weight is 666 g/mol. The van der Waals surface area contributed by atoms with Gasteiger partial charge in [-0.05, 0) is 75.0 Å². The maximum absolute atomic E-state index is 14.0. The van der Waals surface area contributed by atoms with Crippen molar-refractivity contribution in [2.45, 2.75) is 43.2 Å². The molecule has 42 heavy (non-hydrogen) atoms. The van der Waals surface area contributed by atoms with Crippen molar-refractivity contribution in [2.24, 2.45) is 4.99 Å². The Labute approximate surface area is 256 Å². The van der Waals surface area contributed by atoms with Gasteiger partial charge in [-0.15, -0.1) is 0 Å². The maximum atomic E-state index is 14.0. The second kappa shape index (κ2) is 11.4. The van der Waals surface area contributed by atoms with Gasteiger partial charge in [0.1, 0.15) is 17.6 Å². The molecule has 4 heterocycles. The summed E-state index contributed by atoms with van der Waals surface area (Å²) in [6.07, 6.45) is 1.34. The van der Waals surface area contributed by atoms with Crippen LogP contribution in [0.15, 0.2) is 94.8 Å². The van der Waals surface area contributed by atoms with Crippen LogP contribution in [0.3, 0.4) is 0 Å². The molecule has 0 amide bonds. The fourth-order valence-electron chi connectivity index (χ4n) is 4.74. The number of furan rings is 1. The summed E-state index contributed by atoms with van der Waals surface area (Å²) in [5.41, 5.74) is 2.89. The van der Waals surface area contributed by atoms with Crippen LogP contribution < -0.4 is 19.6 Å². The molecule has 0 spiro atoms. The number of methoxy groups -OCH3 is 1. The Morgan fingerprint density at radius 1 is 1.21 bits per heavy atom. The molecule has 6 rings (SSSR count). The quantitative estimate of drug-likeness (QED) is 0.226. The number of carbonyl (C=O) groups is 1. The van der Waals surface area contributed by atoms with Crippen molar-refractivity contribution < 1.29 is 18.7 Å². The van der Waals surface area contributed by atoms with E-state index in [1.165, 1.54) is 27.7 Å². The van der Waals surface area contributed by atoms with Crippen molar-refractivity contribution in [1.29, 1.82) is 0 Å². The zero-order valence-corrected chi connectivity index (χ0v) is 26.2. The maximum Gasteiger partial charge on any atom is 0.338 e. The number of nitrogens with one attached hydrogen (secondary N) is 1. The fraction of sp³-hybridized carbons (Fsp3) is 0.200. The predicted octanol–water partition coefficient (Wildman–Crippen LogP) is 5.58. The highest BCUT2D eigenvalue weighted by Crippen LogP contribution is 2.37. The molecule has 0 saturated heterocycles. The summed E-state index contributed by atoms with van der Waals surface area (Å²) in [5.74, 6) is 0.497. The molecule has 0 fully saturated rings. The number of ether oxygens (including phenoxy) is 2. The number of carbonyl (C=O) groups excluding carboxylic acids is 1. The average Bonchev–Trinajstić information content (AvgIpc) is 3.64. The number of fused-ring (bicyclic) bond motifs is 2. The Hall–Kier alpha value is -3.87. The summed E-state index contributed by atoms with van der Waals surface area (Å²) < 4.78 is 20.0. The Morgan fingerprint density at radius 3 is 2.79 bits per heavy atom. The van der Waals surface area contributed by atoms with E-state index in [0.29, 0.717) is 42.4 Å². The van der Waals surface area contributed by atoms with Crippen LogP contribution in [-0.2, 0) is 9.53 Å². The highest BCUT2D eigenvalue weighted by molar-refractivity contribution is 9.10. The van der Waals surface area contributed by atoms with Crippen molar-refractivity contribution >= 4 is 62.1 Å². The lowest BCUT2D eigenvalue weighted by Crippen LogP contribution is -2.40. The minimum Gasteiger partial charge on any atom is -0.496 e. The third kappa shape index (κ3) is 5.37. The van der Waals surface area contributed by atoms with E-state index in [4.69, 9.17) is 13.9 Å². The Kier molecular flexibility index (Phi) is 7.69. The van der Waals surface area contributed by atoms with Crippen molar-refractivity contribution in [3.05, 3.63) is 101 Å². The summed E-state index contributed by atoms with van der Waals surface area (Å²) in [5, 5.41) is 1.33. The van der Waals surface area contributed by atoms with Crippen molar-refractivity contribution in [2.75, 3.05) is 7.11 Å². The van der Waals surface area contributed by atoms with Crippen molar-refractivity contribution in [1.82, 2.24) is 14.5 Å². The van der Waals surface area contributed by atoms with Crippen molar-refractivity contribution in [3.63, 3.8) is 0 Å². The molecule has 0 radical (unpaired) electrons. The summed E-state index contributed by atoms with van der Waals surface area (Å²) in [4.78, 5) is 40.3. The normalized spacial score (nSPS) is 15.3. The number of nitrogens with zero attached hydrogens (tertiary/aromatic N) is 3. The first-order valence-electron chi connectivity index (χ1n) is 13.0. The molecule has 0 unspecified atom stereocenters. The molecule has 0 saturated carbocycles. The highest BCUT2D eigenvalue weighted by Gasteiger charge is 2.35. The van der Waals surface area contributed by atoms with Crippen LogP contribution in [-0.4, -0.2) is 33.7 Å². The number of halogens is 1. The van der Waals surface area contributed by atoms with Crippen LogP contribution in [0.25, 0.3) is 17.1 Å². The predicted molar refractivity (Wildman–Crippen MR) is 165 cm³/mol. The minimum atomic E-state index is -0.807. The smallest absolute Gasteiger partial charge is 0.338 e. The lowest BCUT2D eigenvalue weighted by molar-refractivity contribution is -0.143. The number of aromatic nitrogens is 3. The van der Waals surface area contributed by atoms with Crippen LogP contribution in [0, 0.1) is 0 Å². The topological polar surface area (TPSA) is 112 Å². The van der Waals surface area contributed by atoms with Crippen LogP contribution in [0.1, 0.15) is 38.1 Å². The molecule has 0 aliphatic carbocycles. The Bertz CT molecular complexity index is 2020. The lowest BCUT2D eigenvalue weighted by Gasteiger charge is -2.26. The standard InChI is InChI=1S/C30H25BrN4O5S2/c1-15(2)39-28(37)25-16(3)32-30-35(26(25)19-13-17(31)9-11-22(19)38-4)27(36)23(41-30)14-18-10-12-24(40-18)42-29-33-20-7-5-6-8-21(20)34-29/h5-15,26H,1-4H3,(H,33,34)/b23-14-/t26-/m1/s1. The van der Waals surface area contributed by atoms with E-state index in [0.717, 1.165) is 15.5 Å². The molecule has 9 nitrogen and oxygen atoms in total. The van der Waals surface area contributed by atoms with Gasteiger partial charge >= 0.3 is 5.97 Å². The number of thiazole rings is 1. The number of para-hydroxylation sites is 2. The fourth-order valence-corrected chi connectivity index (χ4v) is 6.92. The van der Waals surface area contributed by atoms with Crippen LogP contribution >= 0.6 is 39.0 Å². The first-order valence-corrected chi connectivity index (χ1v) is 15.4. The van der Waals surface area contributed by atoms with Crippen LogP contribution in [0.2, 0.25) is 0 Å². The number of rotatable bonds is 7. The molecule has 12 heteroatoms. The molecule has 2 aromatic carbocycles. The number of benzene rings is 2. The summed E-state index contributed by atoms with van der Waals surface area (Å²) in [6.45, 7) is 5.31. The number of esters is 1. The van der Waals surface area contributed by atoms with Gasteiger partial charge in [-0.1, -0.05) is 39.4 Å². The SMILES string of the molecule is COc1ccc(Br)cc1[C@@H]1C(C(=O)OC(C)C)=C(C)N=c2s/c(=C\c3ccc(Sc4nc5ccccc5[nH]4)o3)c(=O)n21. The van der Waals surface area contributed by atoms with Gasteiger partial charge in [0.25, 0.3) is 5.56 Å². The molecular formula is C30H25BrN4O5S2. The second-order valence-corrected chi connectivity index (χ2v) is 12.7. The highest BCUT2D eigenvalue weighted by atomic mass is 79.9. The van der Waals surface area contributed by atoms with Gasteiger partial charge in [0, 0.05) is 16.1 Å². The third-order valence-corrected chi connectivity index (χ3v) is 8.79. The Balaban J connectivity index is 1.43. The monoisotopic (exact) mass is 664 g/mol. The zero-order chi connectivity index (χ0) is 29.5.